The number of benzene rings is 1. The molecule has 2 aliphatic rings. The van der Waals surface area contributed by atoms with Gasteiger partial charge in [-0.1, -0.05) is 33.6 Å². The van der Waals surface area contributed by atoms with E-state index in [0.717, 1.165) is 12.8 Å². The summed E-state index contributed by atoms with van der Waals surface area (Å²) < 4.78 is 14.0. The van der Waals surface area contributed by atoms with Crippen LogP contribution in [0.1, 0.15) is 23.8 Å². The van der Waals surface area contributed by atoms with Gasteiger partial charge in [0.1, 0.15) is 11.2 Å². The van der Waals surface area contributed by atoms with Crippen molar-refractivity contribution in [2.45, 2.75) is 29.1 Å². The van der Waals surface area contributed by atoms with Crippen molar-refractivity contribution in [2.75, 3.05) is 5.75 Å². The molecule has 3 unspecified atom stereocenters. The quantitative estimate of drug-likeness (QED) is 0.740. The molecule has 2 nitrogen and oxygen atoms in total. The van der Waals surface area contributed by atoms with Crippen molar-refractivity contribution < 1.29 is 9.18 Å². The molecule has 2 fully saturated rings. The maximum atomic E-state index is 14.0. The lowest BCUT2D eigenvalue weighted by molar-refractivity contribution is -0.131. The molecule has 1 amide bonds. The lowest BCUT2D eigenvalue weighted by Gasteiger charge is -2.42. The molecule has 1 aliphatic heterocycles. The molecule has 3 atom stereocenters. The third-order valence-corrected chi connectivity index (χ3v) is 6.25. The maximum absolute atomic E-state index is 14.0. The van der Waals surface area contributed by atoms with Crippen molar-refractivity contribution in [3.05, 3.63) is 34.6 Å². The minimum absolute atomic E-state index is 0.0727. The van der Waals surface area contributed by atoms with Gasteiger partial charge in [0.25, 0.3) is 0 Å². The lowest BCUT2D eigenvalue weighted by Crippen LogP contribution is -2.49. The highest BCUT2D eigenvalue weighted by molar-refractivity contribution is 9.09. The molecule has 0 spiro atoms. The van der Waals surface area contributed by atoms with E-state index in [1.165, 1.54) is 17.8 Å². The van der Waals surface area contributed by atoms with Crippen LogP contribution in [0.3, 0.4) is 0 Å². The minimum Gasteiger partial charge on any atom is -0.322 e. The second-order valence-electron chi connectivity index (χ2n) is 4.76. The van der Waals surface area contributed by atoms with Gasteiger partial charge in [0, 0.05) is 21.5 Å². The van der Waals surface area contributed by atoms with Crippen molar-refractivity contribution >= 4 is 45.2 Å². The van der Waals surface area contributed by atoms with Gasteiger partial charge in [-0.2, -0.15) is 0 Å². The Balaban J connectivity index is 1.97. The van der Waals surface area contributed by atoms with E-state index in [-0.39, 0.29) is 23.1 Å². The van der Waals surface area contributed by atoms with Gasteiger partial charge in [0.2, 0.25) is 5.91 Å². The van der Waals surface area contributed by atoms with Crippen LogP contribution >= 0.6 is 39.3 Å². The van der Waals surface area contributed by atoms with Gasteiger partial charge >= 0.3 is 0 Å². The van der Waals surface area contributed by atoms with Gasteiger partial charge in [-0.3, -0.25) is 4.79 Å². The molecule has 0 N–H and O–H groups in total. The minimum atomic E-state index is -0.338. The molecule has 0 bridgehead atoms. The fourth-order valence-corrected chi connectivity index (χ4v) is 4.92. The third-order valence-electron chi connectivity index (χ3n) is 3.66. The molecule has 1 aromatic carbocycles. The fraction of sp³-hybridized carbons (Fsp3) is 0.462. The molecular weight excluding hydrogens is 353 g/mol. The predicted octanol–water partition coefficient (Wildman–Crippen LogP) is 3.98. The van der Waals surface area contributed by atoms with Gasteiger partial charge in [-0.15, -0.1) is 11.8 Å². The van der Waals surface area contributed by atoms with Crippen LogP contribution in [0.5, 0.6) is 0 Å². The van der Waals surface area contributed by atoms with Crippen molar-refractivity contribution in [3.8, 4) is 0 Å². The number of nitrogens with zero attached hydrogens (tertiary/aromatic N) is 1. The summed E-state index contributed by atoms with van der Waals surface area (Å²) in [6.45, 7) is 0. The summed E-state index contributed by atoms with van der Waals surface area (Å²) in [7, 11) is 0. The summed E-state index contributed by atoms with van der Waals surface area (Å²) in [5, 5.41) is 0.0918. The average Bonchev–Trinajstić information content (AvgIpc) is 2.70. The Labute approximate surface area is 128 Å². The van der Waals surface area contributed by atoms with E-state index >= 15 is 0 Å². The number of hydrogen-bond donors (Lipinski definition) is 0. The van der Waals surface area contributed by atoms with Gasteiger partial charge < -0.3 is 4.90 Å². The normalized spacial score (nSPS) is 30.6. The van der Waals surface area contributed by atoms with Gasteiger partial charge in [0.05, 0.1) is 5.75 Å². The van der Waals surface area contributed by atoms with Crippen LogP contribution in [-0.4, -0.2) is 27.4 Å². The first kappa shape index (κ1) is 13.7. The molecule has 102 valence electrons. The number of amides is 1. The van der Waals surface area contributed by atoms with Gasteiger partial charge in [-0.25, -0.2) is 4.39 Å². The second kappa shape index (κ2) is 5.26. The van der Waals surface area contributed by atoms with Crippen molar-refractivity contribution in [3.63, 3.8) is 0 Å². The van der Waals surface area contributed by atoms with Gasteiger partial charge in [0.15, 0.2) is 0 Å². The Hall–Kier alpha value is -0.260. The summed E-state index contributed by atoms with van der Waals surface area (Å²) in [6, 6.07) is 4.82. The summed E-state index contributed by atoms with van der Waals surface area (Å²) in [6.07, 6.45) is 2.02. The summed E-state index contributed by atoms with van der Waals surface area (Å²) >= 11 is 11.1. The topological polar surface area (TPSA) is 20.3 Å². The standard InChI is InChI=1S/C13H12BrClFNOS/c14-7-4-5-10(7)17-11(18)6-19-13(17)12-8(15)2-1-3-9(12)16/h1-3,7,10,13H,4-6H2. The van der Waals surface area contributed by atoms with E-state index in [1.807, 2.05) is 0 Å². The molecule has 1 saturated carbocycles. The monoisotopic (exact) mass is 363 g/mol. The zero-order chi connectivity index (χ0) is 13.6. The van der Waals surface area contributed by atoms with E-state index in [2.05, 4.69) is 15.9 Å². The third kappa shape index (κ3) is 2.30. The van der Waals surface area contributed by atoms with Crippen LogP contribution in [0.2, 0.25) is 5.02 Å². The van der Waals surface area contributed by atoms with Crippen molar-refractivity contribution in [1.82, 2.24) is 4.90 Å². The highest BCUT2D eigenvalue weighted by atomic mass is 79.9. The Morgan fingerprint density at radius 2 is 2.21 bits per heavy atom. The zero-order valence-electron chi connectivity index (χ0n) is 9.98. The highest BCUT2D eigenvalue weighted by Crippen LogP contribution is 2.47. The number of thioether (sulfide) groups is 1. The lowest BCUT2D eigenvalue weighted by atomic mass is 9.90. The Morgan fingerprint density at radius 1 is 1.42 bits per heavy atom. The molecule has 19 heavy (non-hydrogen) atoms. The smallest absolute Gasteiger partial charge is 0.234 e. The van der Waals surface area contributed by atoms with Gasteiger partial charge in [-0.05, 0) is 25.0 Å². The van der Waals surface area contributed by atoms with E-state index in [0.29, 0.717) is 21.2 Å². The number of halogens is 3. The van der Waals surface area contributed by atoms with Crippen LogP contribution in [0.4, 0.5) is 4.39 Å². The number of carbonyl (C=O) groups is 1. The van der Waals surface area contributed by atoms with Crippen LogP contribution in [0.25, 0.3) is 0 Å². The molecular formula is C13H12BrClFNOS. The summed E-state index contributed by atoms with van der Waals surface area (Å²) in [4.78, 5) is 14.2. The number of carbonyl (C=O) groups excluding carboxylic acids is 1. The summed E-state index contributed by atoms with van der Waals surface area (Å²) in [5.74, 6) is 0.129. The first-order valence-corrected chi connectivity index (χ1v) is 8.44. The SMILES string of the molecule is O=C1CSC(c2c(F)cccc2Cl)N1C1CCC1Br. The molecule has 3 rings (SSSR count). The van der Waals surface area contributed by atoms with Crippen LogP contribution in [-0.2, 0) is 4.79 Å². The van der Waals surface area contributed by atoms with Crippen LogP contribution in [0, 0.1) is 5.82 Å². The van der Waals surface area contributed by atoms with E-state index in [4.69, 9.17) is 11.6 Å². The zero-order valence-corrected chi connectivity index (χ0v) is 13.1. The van der Waals surface area contributed by atoms with Crippen molar-refractivity contribution in [1.29, 1.82) is 0 Å². The van der Waals surface area contributed by atoms with E-state index < -0.39 is 0 Å². The molecule has 0 radical (unpaired) electrons. The predicted molar refractivity (Wildman–Crippen MR) is 79.2 cm³/mol. The molecule has 1 heterocycles. The van der Waals surface area contributed by atoms with Crippen molar-refractivity contribution in [2.24, 2.45) is 0 Å². The van der Waals surface area contributed by atoms with E-state index in [9.17, 15) is 9.18 Å². The second-order valence-corrected chi connectivity index (χ2v) is 7.41. The Morgan fingerprint density at radius 3 is 2.79 bits per heavy atom. The number of alkyl halides is 1. The van der Waals surface area contributed by atoms with Crippen LogP contribution in [0.15, 0.2) is 18.2 Å². The summed E-state index contributed by atoms with van der Waals surface area (Å²) in [5.41, 5.74) is 0.437. The molecule has 1 aliphatic carbocycles. The Kier molecular flexibility index (Phi) is 3.80. The molecule has 1 aromatic rings. The largest absolute Gasteiger partial charge is 0.322 e. The maximum Gasteiger partial charge on any atom is 0.234 e. The van der Waals surface area contributed by atoms with E-state index in [1.54, 1.807) is 17.0 Å². The first-order valence-electron chi connectivity index (χ1n) is 6.10. The molecule has 0 aromatic heterocycles. The molecule has 1 saturated heterocycles. The highest BCUT2D eigenvalue weighted by Gasteiger charge is 2.45. The Bertz CT molecular complexity index is 509. The van der Waals surface area contributed by atoms with Crippen LogP contribution < -0.4 is 0 Å². The average molecular weight is 365 g/mol. The first-order chi connectivity index (χ1) is 9.09. The number of hydrogen-bond acceptors (Lipinski definition) is 2. The number of rotatable bonds is 2. The fourth-order valence-electron chi connectivity index (χ4n) is 2.52. The molecule has 6 heteroatoms.